The number of hydrogen-bond acceptors (Lipinski definition) is 10. The Kier molecular flexibility index (Phi) is 6.32. The molecular weight excluding hydrogens is 548 g/mol. The van der Waals surface area contributed by atoms with Crippen LogP contribution in [0.3, 0.4) is 0 Å². The number of nitrogens with zero attached hydrogens (tertiary/aromatic N) is 7. The third-order valence-corrected chi connectivity index (χ3v) is 11.6. The molecule has 2 aliphatic rings. The third-order valence-electron chi connectivity index (χ3n) is 7.23. The first-order valence-electron chi connectivity index (χ1n) is 12.5. The number of benzene rings is 1. The molecular formula is C24H29FN8O2S3. The van der Waals surface area contributed by atoms with Crippen molar-refractivity contribution in [2.45, 2.75) is 43.9 Å². The van der Waals surface area contributed by atoms with Gasteiger partial charge in [-0.05, 0) is 49.9 Å². The number of fused-ring (bicyclic) bond motifs is 1. The number of halogens is 1. The zero-order chi connectivity index (χ0) is 26.8. The second kappa shape index (κ2) is 9.43. The van der Waals surface area contributed by atoms with Gasteiger partial charge in [0, 0.05) is 38.8 Å². The fourth-order valence-electron chi connectivity index (χ4n) is 4.86. The van der Waals surface area contributed by atoms with Crippen LogP contribution >= 0.6 is 22.7 Å². The van der Waals surface area contributed by atoms with Crippen LogP contribution in [-0.4, -0.2) is 70.8 Å². The number of nitrogen functional groups attached to an aromatic ring is 1. The Labute approximate surface area is 228 Å². The van der Waals surface area contributed by atoms with E-state index in [1.54, 1.807) is 23.5 Å². The number of imidazole rings is 1. The number of rotatable bonds is 8. The van der Waals surface area contributed by atoms with Crippen LogP contribution in [-0.2, 0) is 16.4 Å². The third kappa shape index (κ3) is 4.32. The first kappa shape index (κ1) is 25.5. The molecule has 14 heteroatoms. The minimum absolute atomic E-state index is 0.0617. The Morgan fingerprint density at radius 3 is 2.55 bits per heavy atom. The highest BCUT2D eigenvalue weighted by atomic mass is 32.2. The molecule has 0 spiro atoms. The number of sulfonamides is 1. The second-order valence-electron chi connectivity index (χ2n) is 9.74. The summed E-state index contributed by atoms with van der Waals surface area (Å²) in [6, 6.07) is 6.07. The van der Waals surface area contributed by atoms with Crippen LogP contribution < -0.4 is 15.5 Å². The van der Waals surface area contributed by atoms with Crippen LogP contribution in [0, 0.1) is 5.82 Å². The van der Waals surface area contributed by atoms with E-state index in [0.717, 1.165) is 53.0 Å². The summed E-state index contributed by atoms with van der Waals surface area (Å²) in [6.45, 7) is 3.39. The van der Waals surface area contributed by atoms with Crippen LogP contribution in [0.5, 0.6) is 0 Å². The van der Waals surface area contributed by atoms with Gasteiger partial charge in [-0.1, -0.05) is 29.6 Å². The van der Waals surface area contributed by atoms with Gasteiger partial charge < -0.3 is 15.5 Å². The topological polar surface area (TPSA) is 113 Å². The fraction of sp³-hybridized carbons (Fsp3) is 0.458. The lowest BCUT2D eigenvalue weighted by Gasteiger charge is -2.24. The van der Waals surface area contributed by atoms with E-state index in [2.05, 4.69) is 4.90 Å². The van der Waals surface area contributed by atoms with Crippen molar-refractivity contribution in [1.82, 2.24) is 23.9 Å². The van der Waals surface area contributed by atoms with Crippen molar-refractivity contribution in [1.29, 1.82) is 0 Å². The molecule has 4 heterocycles. The zero-order valence-electron chi connectivity index (χ0n) is 21.3. The lowest BCUT2D eigenvalue weighted by atomic mass is 10.1. The lowest BCUT2D eigenvalue weighted by Crippen LogP contribution is -2.40. The molecule has 0 radical (unpaired) electrons. The number of likely N-dealkylation sites (N-methyl/N-ethyl adjacent to an activating group) is 1. The smallest absolute Gasteiger partial charge is 0.217 e. The molecule has 0 amide bonds. The van der Waals surface area contributed by atoms with E-state index in [-0.39, 0.29) is 17.1 Å². The summed E-state index contributed by atoms with van der Waals surface area (Å²) in [5, 5.41) is 6.74. The summed E-state index contributed by atoms with van der Waals surface area (Å²) >= 11 is 2.85. The number of anilines is 4. The fourth-order valence-corrected chi connectivity index (χ4v) is 8.42. The van der Waals surface area contributed by atoms with Gasteiger partial charge in [0.1, 0.15) is 16.5 Å². The summed E-state index contributed by atoms with van der Waals surface area (Å²) in [5.41, 5.74) is 8.57. The van der Waals surface area contributed by atoms with Crippen molar-refractivity contribution in [3.8, 4) is 11.3 Å². The number of thiazole rings is 1. The molecule has 1 aliphatic carbocycles. The summed E-state index contributed by atoms with van der Waals surface area (Å²) in [7, 11) is 0.401. The predicted molar refractivity (Wildman–Crippen MR) is 151 cm³/mol. The largest absolute Gasteiger partial charge is 0.389 e. The van der Waals surface area contributed by atoms with Crippen molar-refractivity contribution < 1.29 is 12.8 Å². The first-order valence-corrected chi connectivity index (χ1v) is 15.7. The van der Waals surface area contributed by atoms with E-state index in [9.17, 15) is 12.8 Å². The molecule has 1 atom stereocenters. The van der Waals surface area contributed by atoms with Crippen LogP contribution in [0.4, 0.5) is 25.5 Å². The molecule has 6 rings (SSSR count). The van der Waals surface area contributed by atoms with Gasteiger partial charge in [-0.25, -0.2) is 22.8 Å². The summed E-state index contributed by atoms with van der Waals surface area (Å²) in [4.78, 5) is 14.5. The maximum Gasteiger partial charge on any atom is 0.217 e. The van der Waals surface area contributed by atoms with Gasteiger partial charge in [-0.3, -0.25) is 0 Å². The summed E-state index contributed by atoms with van der Waals surface area (Å²) in [5.74, 6) is 0.502. The Morgan fingerprint density at radius 2 is 1.87 bits per heavy atom. The van der Waals surface area contributed by atoms with Gasteiger partial charge in [0.05, 0.1) is 10.9 Å². The maximum absolute atomic E-state index is 13.4. The van der Waals surface area contributed by atoms with Gasteiger partial charge in [-0.15, -0.1) is 5.10 Å². The molecule has 2 fully saturated rings. The molecule has 0 bridgehead atoms. The minimum atomic E-state index is -3.22. The second-order valence-corrected chi connectivity index (χ2v) is 14.0. The van der Waals surface area contributed by atoms with Gasteiger partial charge >= 0.3 is 0 Å². The molecule has 1 unspecified atom stereocenters. The number of aryl methyl sites for hydroxylation is 1. The van der Waals surface area contributed by atoms with E-state index in [0.29, 0.717) is 28.8 Å². The van der Waals surface area contributed by atoms with E-state index >= 15 is 0 Å². The standard InChI is InChI=1S/C24H29FN8O2S3/c1-4-18-21(30(2)22-28-19(20(26)36-22)14-5-7-15(25)8-6-14)33-23(27-18)37-24(29-33)32-12-11-16(13-32)31(3)38(34,35)17-9-10-17/h5-8,16-17H,4,9-13,26H2,1-3H3. The highest BCUT2D eigenvalue weighted by Crippen LogP contribution is 2.40. The minimum Gasteiger partial charge on any atom is -0.389 e. The highest BCUT2D eigenvalue weighted by Gasteiger charge is 2.42. The maximum atomic E-state index is 13.4. The number of nitrogens with two attached hydrogens (primary N) is 1. The number of aromatic nitrogens is 4. The average Bonchev–Trinajstić information content (AvgIpc) is 3.21. The molecule has 1 saturated carbocycles. The van der Waals surface area contributed by atoms with E-state index < -0.39 is 10.0 Å². The van der Waals surface area contributed by atoms with Gasteiger partial charge in [-0.2, -0.15) is 8.82 Å². The highest BCUT2D eigenvalue weighted by molar-refractivity contribution is 7.90. The van der Waals surface area contributed by atoms with E-state index in [1.807, 2.05) is 23.4 Å². The van der Waals surface area contributed by atoms with E-state index in [1.165, 1.54) is 34.8 Å². The van der Waals surface area contributed by atoms with Crippen LogP contribution in [0.15, 0.2) is 24.3 Å². The molecule has 4 aromatic rings. The SMILES string of the molecule is CCc1nc2sc(N3CCC(N(C)S(=O)(=O)C4CC4)C3)nn2c1N(C)c1nc(-c2ccc(F)cc2)c(N)s1. The molecule has 1 aliphatic heterocycles. The van der Waals surface area contributed by atoms with Crippen molar-refractivity contribution >= 4 is 58.7 Å². The summed E-state index contributed by atoms with van der Waals surface area (Å²) < 4.78 is 42.3. The summed E-state index contributed by atoms with van der Waals surface area (Å²) in [6.07, 6.45) is 3.01. The van der Waals surface area contributed by atoms with Gasteiger partial charge in [0.2, 0.25) is 20.1 Å². The van der Waals surface area contributed by atoms with Crippen LogP contribution in [0.1, 0.15) is 31.9 Å². The normalized spacial score (nSPS) is 18.2. The quantitative estimate of drug-likeness (QED) is 0.335. The molecule has 1 aromatic carbocycles. The zero-order valence-corrected chi connectivity index (χ0v) is 23.8. The molecule has 38 heavy (non-hydrogen) atoms. The Balaban J connectivity index is 1.28. The molecule has 2 N–H and O–H groups in total. The molecule has 10 nitrogen and oxygen atoms in total. The Bertz CT molecular complexity index is 1590. The van der Waals surface area contributed by atoms with Gasteiger partial charge in [0.15, 0.2) is 10.9 Å². The Morgan fingerprint density at radius 1 is 1.13 bits per heavy atom. The van der Waals surface area contributed by atoms with Gasteiger partial charge in [0.25, 0.3) is 0 Å². The van der Waals surface area contributed by atoms with Crippen molar-refractivity contribution in [2.24, 2.45) is 0 Å². The Hall–Kier alpha value is -2.81. The lowest BCUT2D eigenvalue weighted by molar-refractivity contribution is 0.389. The van der Waals surface area contributed by atoms with E-state index in [4.69, 9.17) is 20.8 Å². The number of hydrogen-bond donors (Lipinski definition) is 1. The van der Waals surface area contributed by atoms with Crippen LogP contribution in [0.2, 0.25) is 0 Å². The molecule has 1 saturated heterocycles. The monoisotopic (exact) mass is 576 g/mol. The van der Waals surface area contributed by atoms with Crippen molar-refractivity contribution in [3.63, 3.8) is 0 Å². The molecule has 202 valence electrons. The molecule has 3 aromatic heterocycles. The average molecular weight is 577 g/mol. The van der Waals surface area contributed by atoms with Crippen LogP contribution in [0.25, 0.3) is 16.2 Å². The first-order chi connectivity index (χ1) is 18.2. The predicted octanol–water partition coefficient (Wildman–Crippen LogP) is 3.97. The van der Waals surface area contributed by atoms with Crippen molar-refractivity contribution in [2.75, 3.05) is 42.7 Å². The van der Waals surface area contributed by atoms with Crippen molar-refractivity contribution in [3.05, 3.63) is 35.8 Å².